The van der Waals surface area contributed by atoms with Gasteiger partial charge < -0.3 is 15.5 Å². The lowest BCUT2D eigenvalue weighted by Crippen LogP contribution is -2.43. The summed E-state index contributed by atoms with van der Waals surface area (Å²) in [4.78, 5) is 25.6. The summed E-state index contributed by atoms with van der Waals surface area (Å²) >= 11 is 0. The zero-order valence-electron chi connectivity index (χ0n) is 12.5. The van der Waals surface area contributed by atoms with E-state index in [0.717, 1.165) is 50.1 Å². The number of rotatable bonds is 3. The van der Waals surface area contributed by atoms with Crippen molar-refractivity contribution in [2.45, 2.75) is 38.1 Å². The predicted octanol–water partition coefficient (Wildman–Crippen LogP) is 2.32. The molecule has 0 radical (unpaired) electrons. The normalized spacial score (nSPS) is 21.4. The Morgan fingerprint density at radius 3 is 2.55 bits per heavy atom. The minimum atomic E-state index is -0.0846. The lowest BCUT2D eigenvalue weighted by Gasteiger charge is -2.22. The molecule has 2 amide bonds. The average Bonchev–Trinajstić information content (AvgIpc) is 2.95. The fourth-order valence-electron chi connectivity index (χ4n) is 2.95. The molecule has 0 saturated carbocycles. The van der Waals surface area contributed by atoms with Gasteiger partial charge in [0.25, 0.3) is 0 Å². The fraction of sp³-hybridized carbons (Fsp3) is 0.500. The number of amides is 2. The number of carbonyl (C=O) groups excluding carboxylic acids is 2. The van der Waals surface area contributed by atoms with Crippen LogP contribution in [0.1, 0.15) is 32.1 Å². The maximum Gasteiger partial charge on any atom is 0.241 e. The Bertz CT molecular complexity index is 527. The number of benzene rings is 1. The van der Waals surface area contributed by atoms with Gasteiger partial charge in [-0.3, -0.25) is 9.59 Å². The van der Waals surface area contributed by atoms with Crippen LogP contribution in [-0.2, 0) is 9.59 Å². The second-order valence-electron chi connectivity index (χ2n) is 5.69. The molecule has 22 heavy (non-hydrogen) atoms. The van der Waals surface area contributed by atoms with Crippen LogP contribution in [0.15, 0.2) is 24.3 Å². The molecule has 2 aliphatic heterocycles. The minimum Gasteiger partial charge on any atom is -0.325 e. The molecule has 2 saturated heterocycles. The van der Waals surface area contributed by atoms with Crippen molar-refractivity contribution in [3.63, 3.8) is 0 Å². The molecule has 3 rings (SSSR count). The van der Waals surface area contributed by atoms with Crippen LogP contribution in [0.25, 0.3) is 0 Å². The molecule has 0 aliphatic carbocycles. The van der Waals surface area contributed by atoms with Crippen molar-refractivity contribution in [3.05, 3.63) is 24.3 Å². The molecular formula is C16H22ClN3O2. The van der Waals surface area contributed by atoms with Gasteiger partial charge in [-0.05, 0) is 50.1 Å². The summed E-state index contributed by atoms with van der Waals surface area (Å²) in [6.45, 7) is 1.70. The molecule has 0 aromatic heterocycles. The van der Waals surface area contributed by atoms with Gasteiger partial charge in [0.2, 0.25) is 11.8 Å². The molecule has 5 nitrogen and oxygen atoms in total. The van der Waals surface area contributed by atoms with Gasteiger partial charge in [-0.25, -0.2) is 0 Å². The summed E-state index contributed by atoms with van der Waals surface area (Å²) in [5.41, 5.74) is 1.69. The van der Waals surface area contributed by atoms with Gasteiger partial charge in [-0.15, -0.1) is 12.4 Å². The number of halogens is 1. The van der Waals surface area contributed by atoms with E-state index in [0.29, 0.717) is 6.42 Å². The number of piperidine rings is 1. The topological polar surface area (TPSA) is 61.4 Å². The molecule has 1 aromatic carbocycles. The van der Waals surface area contributed by atoms with Gasteiger partial charge in [0, 0.05) is 24.3 Å². The van der Waals surface area contributed by atoms with E-state index >= 15 is 0 Å². The number of nitrogens with zero attached hydrogens (tertiary/aromatic N) is 1. The van der Waals surface area contributed by atoms with Crippen LogP contribution in [0.3, 0.4) is 0 Å². The second kappa shape index (κ2) is 7.61. The Hall–Kier alpha value is -1.59. The first-order valence-electron chi connectivity index (χ1n) is 7.69. The summed E-state index contributed by atoms with van der Waals surface area (Å²) in [7, 11) is 0. The first-order chi connectivity index (χ1) is 10.2. The molecule has 1 unspecified atom stereocenters. The Morgan fingerprint density at radius 1 is 1.18 bits per heavy atom. The molecule has 1 aromatic rings. The van der Waals surface area contributed by atoms with Crippen LogP contribution in [0.4, 0.5) is 11.4 Å². The third-order valence-corrected chi connectivity index (χ3v) is 4.15. The SMILES string of the molecule is Cl.O=C(Nc1ccc(N2CCCC2=O)cc1)C1CCCCN1. The van der Waals surface area contributed by atoms with Crippen molar-refractivity contribution < 1.29 is 9.59 Å². The highest BCUT2D eigenvalue weighted by molar-refractivity contribution is 5.97. The number of carbonyl (C=O) groups is 2. The highest BCUT2D eigenvalue weighted by atomic mass is 35.5. The zero-order valence-corrected chi connectivity index (χ0v) is 13.3. The second-order valence-corrected chi connectivity index (χ2v) is 5.69. The smallest absolute Gasteiger partial charge is 0.241 e. The van der Waals surface area contributed by atoms with Crippen LogP contribution in [0.2, 0.25) is 0 Å². The van der Waals surface area contributed by atoms with Gasteiger partial charge >= 0.3 is 0 Å². The molecule has 1 atom stereocenters. The number of hydrogen-bond acceptors (Lipinski definition) is 3. The van der Waals surface area contributed by atoms with Crippen LogP contribution < -0.4 is 15.5 Å². The molecule has 0 spiro atoms. The Morgan fingerprint density at radius 2 is 1.95 bits per heavy atom. The Balaban J connectivity index is 0.00000176. The molecule has 2 N–H and O–H groups in total. The van der Waals surface area contributed by atoms with Crippen LogP contribution >= 0.6 is 12.4 Å². The van der Waals surface area contributed by atoms with Crippen molar-refractivity contribution >= 4 is 35.6 Å². The molecule has 120 valence electrons. The van der Waals surface area contributed by atoms with E-state index in [1.165, 1.54) is 0 Å². The Labute approximate surface area is 136 Å². The molecule has 2 aliphatic rings. The van der Waals surface area contributed by atoms with Crippen molar-refractivity contribution in [1.29, 1.82) is 0 Å². The van der Waals surface area contributed by atoms with Gasteiger partial charge in [0.1, 0.15) is 0 Å². The summed E-state index contributed by atoms with van der Waals surface area (Å²) in [6.07, 6.45) is 4.69. The maximum absolute atomic E-state index is 12.1. The van der Waals surface area contributed by atoms with Gasteiger partial charge in [0.15, 0.2) is 0 Å². The van der Waals surface area contributed by atoms with Crippen molar-refractivity contribution in [3.8, 4) is 0 Å². The number of anilines is 2. The van der Waals surface area contributed by atoms with E-state index in [4.69, 9.17) is 0 Å². The summed E-state index contributed by atoms with van der Waals surface area (Å²) < 4.78 is 0. The highest BCUT2D eigenvalue weighted by Gasteiger charge is 2.22. The molecule has 0 bridgehead atoms. The third-order valence-electron chi connectivity index (χ3n) is 4.15. The third kappa shape index (κ3) is 3.78. The number of nitrogens with one attached hydrogen (secondary N) is 2. The molecule has 6 heteroatoms. The van der Waals surface area contributed by atoms with Gasteiger partial charge in [-0.1, -0.05) is 6.42 Å². The fourth-order valence-corrected chi connectivity index (χ4v) is 2.95. The van der Waals surface area contributed by atoms with Gasteiger partial charge in [0.05, 0.1) is 6.04 Å². The van der Waals surface area contributed by atoms with Crippen LogP contribution in [0, 0.1) is 0 Å². The quantitative estimate of drug-likeness (QED) is 0.897. The largest absolute Gasteiger partial charge is 0.325 e. The van der Waals surface area contributed by atoms with E-state index in [2.05, 4.69) is 10.6 Å². The van der Waals surface area contributed by atoms with E-state index in [1.807, 2.05) is 24.3 Å². The summed E-state index contributed by atoms with van der Waals surface area (Å²) in [6, 6.07) is 7.43. The van der Waals surface area contributed by atoms with E-state index in [-0.39, 0.29) is 30.3 Å². The van der Waals surface area contributed by atoms with Crippen LogP contribution in [-0.4, -0.2) is 30.9 Å². The first kappa shape index (κ1) is 16.8. The number of hydrogen-bond donors (Lipinski definition) is 2. The zero-order chi connectivity index (χ0) is 14.7. The maximum atomic E-state index is 12.1. The van der Waals surface area contributed by atoms with Gasteiger partial charge in [-0.2, -0.15) is 0 Å². The lowest BCUT2D eigenvalue weighted by atomic mass is 10.0. The highest BCUT2D eigenvalue weighted by Crippen LogP contribution is 2.23. The Kier molecular flexibility index (Phi) is 5.80. The monoisotopic (exact) mass is 323 g/mol. The van der Waals surface area contributed by atoms with Crippen molar-refractivity contribution in [1.82, 2.24) is 5.32 Å². The lowest BCUT2D eigenvalue weighted by molar-refractivity contribution is -0.119. The molecule has 2 heterocycles. The molecular weight excluding hydrogens is 302 g/mol. The average molecular weight is 324 g/mol. The summed E-state index contributed by atoms with van der Waals surface area (Å²) in [5.74, 6) is 0.206. The summed E-state index contributed by atoms with van der Waals surface area (Å²) in [5, 5.41) is 6.17. The molecule has 2 fully saturated rings. The van der Waals surface area contributed by atoms with E-state index in [9.17, 15) is 9.59 Å². The standard InChI is InChI=1S/C16H21N3O2.ClH/c20-15-5-3-11-19(15)13-8-6-12(7-9-13)18-16(21)14-4-1-2-10-17-14;/h6-9,14,17H,1-5,10-11H2,(H,18,21);1H. The van der Waals surface area contributed by atoms with E-state index < -0.39 is 0 Å². The van der Waals surface area contributed by atoms with E-state index in [1.54, 1.807) is 4.90 Å². The first-order valence-corrected chi connectivity index (χ1v) is 7.69. The van der Waals surface area contributed by atoms with Crippen LogP contribution in [0.5, 0.6) is 0 Å². The minimum absolute atomic E-state index is 0. The van der Waals surface area contributed by atoms with Crippen molar-refractivity contribution in [2.24, 2.45) is 0 Å². The predicted molar refractivity (Wildman–Crippen MR) is 89.5 cm³/mol. The van der Waals surface area contributed by atoms with Crippen molar-refractivity contribution in [2.75, 3.05) is 23.3 Å².